The number of carbonyl (C=O) groups is 2. The van der Waals surface area contributed by atoms with Gasteiger partial charge in [-0.15, -0.1) is 0 Å². The molecule has 0 saturated carbocycles. The lowest BCUT2D eigenvalue weighted by Crippen LogP contribution is -2.54. The molecule has 0 fully saturated rings. The van der Waals surface area contributed by atoms with Crippen molar-refractivity contribution < 1.29 is 41.0 Å². The fourth-order valence-electron chi connectivity index (χ4n) is 3.79. The molecule has 0 bridgehead atoms. The maximum atomic E-state index is 14.3. The number of halogens is 6. The molecule has 0 aliphatic carbocycles. The summed E-state index contributed by atoms with van der Waals surface area (Å²) in [5.74, 6) is -1.67. The molecule has 3 aromatic rings. The fourth-order valence-corrected chi connectivity index (χ4v) is 3.79. The van der Waals surface area contributed by atoms with E-state index in [4.69, 9.17) is 0 Å². The van der Waals surface area contributed by atoms with Crippen LogP contribution < -0.4 is 10.6 Å². The highest BCUT2D eigenvalue weighted by Gasteiger charge is 2.72. The number of rotatable bonds is 6. The van der Waals surface area contributed by atoms with Crippen molar-refractivity contribution in [1.82, 2.24) is 0 Å². The summed E-state index contributed by atoms with van der Waals surface area (Å²) in [6.45, 7) is 1.13. The molecule has 3 rings (SSSR count). The molecule has 0 aliphatic heterocycles. The van der Waals surface area contributed by atoms with Crippen LogP contribution in [0.25, 0.3) is 0 Å². The summed E-state index contributed by atoms with van der Waals surface area (Å²) < 4.78 is 85.6. The van der Waals surface area contributed by atoms with Crippen molar-refractivity contribution in [2.45, 2.75) is 24.7 Å². The normalized spacial score (nSPS) is 12.2. The number of carbonyl (C=O) groups excluding carboxylic acids is 2. The number of amides is 1. The number of Topliss-reactive ketones (excluding diaryl/α,β-unsaturated/α-hetero) is 1. The Morgan fingerprint density at radius 3 is 1.64 bits per heavy atom. The number of ketones is 1. The van der Waals surface area contributed by atoms with E-state index in [0.29, 0.717) is 30.0 Å². The highest BCUT2D eigenvalue weighted by atomic mass is 19.4. The van der Waals surface area contributed by atoms with Crippen molar-refractivity contribution in [3.05, 3.63) is 89.0 Å². The van der Waals surface area contributed by atoms with Crippen LogP contribution in [-0.4, -0.2) is 36.2 Å². The maximum Gasteiger partial charge on any atom is 0.411 e. The van der Waals surface area contributed by atoms with Gasteiger partial charge in [0.25, 0.3) is 5.91 Å². The molecule has 190 valence electrons. The van der Waals surface area contributed by atoms with E-state index in [1.54, 1.807) is 7.05 Å². The van der Waals surface area contributed by atoms with Gasteiger partial charge in [0.05, 0.1) is 5.69 Å². The zero-order valence-corrected chi connectivity index (χ0v) is 18.9. The molecule has 3 N–H and O–H groups in total. The molecule has 0 radical (unpaired) electrons. The summed E-state index contributed by atoms with van der Waals surface area (Å²) in [4.78, 5) is 24.0. The first-order chi connectivity index (χ1) is 16.7. The molecule has 11 heteroatoms. The molecular weight excluding hydrogens is 490 g/mol. The van der Waals surface area contributed by atoms with Crippen molar-refractivity contribution in [1.29, 1.82) is 0 Å². The smallest absolute Gasteiger partial charge is 0.411 e. The number of nitrogens with one attached hydrogen (secondary N) is 2. The largest absolute Gasteiger partial charge is 0.506 e. The van der Waals surface area contributed by atoms with E-state index in [2.05, 4.69) is 10.6 Å². The van der Waals surface area contributed by atoms with Crippen molar-refractivity contribution in [3.63, 3.8) is 0 Å². The average molecular weight is 510 g/mol. The summed E-state index contributed by atoms with van der Waals surface area (Å²) in [6.07, 6.45) is -11.6. The number of alkyl halides is 6. The van der Waals surface area contributed by atoms with E-state index >= 15 is 0 Å². The second-order valence-corrected chi connectivity index (χ2v) is 7.89. The van der Waals surface area contributed by atoms with Crippen LogP contribution in [-0.2, 0) is 5.41 Å². The number of anilines is 2. The molecule has 3 aromatic carbocycles. The van der Waals surface area contributed by atoms with E-state index in [9.17, 15) is 41.0 Å². The second kappa shape index (κ2) is 9.56. The van der Waals surface area contributed by atoms with Gasteiger partial charge >= 0.3 is 12.4 Å². The summed E-state index contributed by atoms with van der Waals surface area (Å²) in [5.41, 5.74) is -6.46. The van der Waals surface area contributed by atoms with Crippen molar-refractivity contribution >= 4 is 23.1 Å². The number of phenolic OH excluding ortho intramolecular Hbond substituents is 1. The maximum absolute atomic E-state index is 14.3. The molecule has 0 aromatic heterocycles. The van der Waals surface area contributed by atoms with Crippen LogP contribution in [0.4, 0.5) is 37.7 Å². The van der Waals surface area contributed by atoms with Crippen LogP contribution in [0.1, 0.15) is 38.8 Å². The number of hydrogen-bond acceptors (Lipinski definition) is 4. The molecule has 1 amide bonds. The van der Waals surface area contributed by atoms with Gasteiger partial charge in [-0.25, -0.2) is 0 Å². The predicted molar refractivity (Wildman–Crippen MR) is 121 cm³/mol. The molecule has 5 nitrogen and oxygen atoms in total. The molecule has 0 unspecified atom stereocenters. The first kappa shape index (κ1) is 26.6. The van der Waals surface area contributed by atoms with Crippen molar-refractivity contribution in [2.24, 2.45) is 0 Å². The Morgan fingerprint density at radius 2 is 1.22 bits per heavy atom. The quantitative estimate of drug-likeness (QED) is 0.157. The molecule has 0 saturated heterocycles. The van der Waals surface area contributed by atoms with Crippen LogP contribution in [0.2, 0.25) is 0 Å². The SMILES string of the molecule is CNc1ccc(O)c(NC(=O)c2ccc(C(c3ccc(C(C)=O)cc3)(C(F)(F)F)C(F)(F)F)cc2)c1. The van der Waals surface area contributed by atoms with Gasteiger partial charge in [0.2, 0.25) is 5.41 Å². The predicted octanol–water partition coefficient (Wildman–Crippen LogP) is 6.30. The Bertz CT molecular complexity index is 1250. The second-order valence-electron chi connectivity index (χ2n) is 7.89. The fraction of sp³-hybridized carbons (Fsp3) is 0.200. The Labute approximate surface area is 201 Å². The van der Waals surface area contributed by atoms with Gasteiger partial charge in [-0.05, 0) is 48.4 Å². The number of aromatic hydroxyl groups is 1. The van der Waals surface area contributed by atoms with Crippen LogP contribution in [0.15, 0.2) is 66.7 Å². The number of benzene rings is 3. The van der Waals surface area contributed by atoms with Gasteiger partial charge in [0.1, 0.15) is 5.75 Å². The van der Waals surface area contributed by atoms with Gasteiger partial charge in [-0.2, -0.15) is 26.3 Å². The van der Waals surface area contributed by atoms with E-state index < -0.39 is 40.6 Å². The van der Waals surface area contributed by atoms with E-state index in [1.807, 2.05) is 0 Å². The minimum absolute atomic E-state index is 0.0126. The van der Waals surface area contributed by atoms with Gasteiger partial charge in [-0.3, -0.25) is 9.59 Å². The Balaban J connectivity index is 2.07. The van der Waals surface area contributed by atoms with Crippen LogP contribution in [0.5, 0.6) is 5.75 Å². The zero-order chi connectivity index (χ0) is 26.9. The van der Waals surface area contributed by atoms with Crippen molar-refractivity contribution in [2.75, 3.05) is 17.7 Å². The summed E-state index contributed by atoms with van der Waals surface area (Å²) in [6, 6.07) is 10.1. The van der Waals surface area contributed by atoms with Gasteiger partial charge in [-0.1, -0.05) is 36.4 Å². The van der Waals surface area contributed by atoms with E-state index in [-0.39, 0.29) is 22.6 Å². The Morgan fingerprint density at radius 1 is 0.750 bits per heavy atom. The van der Waals surface area contributed by atoms with Gasteiger partial charge in [0, 0.05) is 23.9 Å². The number of hydrogen-bond donors (Lipinski definition) is 3. The Kier molecular flexibility index (Phi) is 7.06. The highest BCUT2D eigenvalue weighted by Crippen LogP contribution is 2.56. The third-order valence-corrected chi connectivity index (χ3v) is 5.69. The topological polar surface area (TPSA) is 78.4 Å². The number of phenols is 1. The third kappa shape index (κ3) is 4.73. The van der Waals surface area contributed by atoms with E-state index in [0.717, 1.165) is 31.2 Å². The lowest BCUT2D eigenvalue weighted by Gasteiger charge is -2.38. The molecule has 0 spiro atoms. The molecule has 0 aliphatic rings. The van der Waals surface area contributed by atoms with E-state index in [1.165, 1.54) is 18.2 Å². The summed E-state index contributed by atoms with van der Waals surface area (Å²) in [7, 11) is 1.60. The zero-order valence-electron chi connectivity index (χ0n) is 18.9. The molecule has 0 heterocycles. The van der Waals surface area contributed by atoms with Gasteiger partial charge < -0.3 is 15.7 Å². The monoisotopic (exact) mass is 510 g/mol. The summed E-state index contributed by atoms with van der Waals surface area (Å²) in [5, 5.41) is 15.1. The minimum Gasteiger partial charge on any atom is -0.506 e. The van der Waals surface area contributed by atoms with Gasteiger partial charge in [0.15, 0.2) is 5.78 Å². The van der Waals surface area contributed by atoms with Crippen molar-refractivity contribution in [3.8, 4) is 5.75 Å². The Hall–Kier alpha value is -4.02. The first-order valence-electron chi connectivity index (χ1n) is 10.4. The summed E-state index contributed by atoms with van der Waals surface area (Å²) >= 11 is 0. The lowest BCUT2D eigenvalue weighted by molar-refractivity contribution is -0.288. The molecule has 36 heavy (non-hydrogen) atoms. The van der Waals surface area contributed by atoms with Crippen LogP contribution >= 0.6 is 0 Å². The first-order valence-corrected chi connectivity index (χ1v) is 10.4. The standard InChI is InChI=1S/C25H20F6N2O3/c1-14(34)15-3-7-17(8-4-15)23(24(26,27)28,25(29,30)31)18-9-5-16(6-10-18)22(36)33-20-13-19(32-2)11-12-21(20)35/h3-13,32,35H,1-2H3,(H,33,36). The highest BCUT2D eigenvalue weighted by molar-refractivity contribution is 6.05. The minimum atomic E-state index is -5.81. The average Bonchev–Trinajstić information content (AvgIpc) is 2.79. The lowest BCUT2D eigenvalue weighted by atomic mass is 9.72. The third-order valence-electron chi connectivity index (χ3n) is 5.69. The van der Waals surface area contributed by atoms with Crippen LogP contribution in [0, 0.1) is 0 Å². The molecular formula is C25H20F6N2O3. The van der Waals surface area contributed by atoms with Crippen LogP contribution in [0.3, 0.4) is 0 Å². The molecule has 0 atom stereocenters.